The smallest absolute Gasteiger partial charge is 0.382 e. The Labute approximate surface area is 184 Å². The molecule has 3 aromatic rings. The van der Waals surface area contributed by atoms with E-state index < -0.39 is 22.9 Å². The van der Waals surface area contributed by atoms with Gasteiger partial charge in [-0.2, -0.15) is 13.2 Å². The number of aromatic nitrogens is 2. The number of nitrogens with zero attached hydrogens (tertiary/aromatic N) is 2. The molecule has 8 heteroatoms. The first kappa shape index (κ1) is 23.5. The standard InChI is InChI=1S/C24H26F3N3O2/c1-22(2,3)29-20(31)17-12-16(15-6-8-18(9-7-15)24(25,26)27)13-19(14-17)30-11-10-28-21(30)23(4,5)32/h6-14,32H,1-5H3,(H,29,31). The molecule has 0 radical (unpaired) electrons. The Morgan fingerprint density at radius 3 is 2.12 bits per heavy atom. The van der Waals surface area contributed by atoms with Crippen LogP contribution >= 0.6 is 0 Å². The number of hydrogen-bond donors (Lipinski definition) is 2. The Bertz CT molecular complexity index is 1120. The molecule has 0 aliphatic carbocycles. The van der Waals surface area contributed by atoms with Gasteiger partial charge < -0.3 is 15.0 Å². The molecule has 32 heavy (non-hydrogen) atoms. The first-order valence-corrected chi connectivity index (χ1v) is 10.1. The van der Waals surface area contributed by atoms with Gasteiger partial charge in [-0.15, -0.1) is 0 Å². The molecule has 5 nitrogen and oxygen atoms in total. The van der Waals surface area contributed by atoms with E-state index in [1.54, 1.807) is 42.8 Å². The van der Waals surface area contributed by atoms with E-state index in [4.69, 9.17) is 0 Å². The van der Waals surface area contributed by atoms with Crippen LogP contribution in [0.4, 0.5) is 13.2 Å². The van der Waals surface area contributed by atoms with Crippen molar-refractivity contribution < 1.29 is 23.1 Å². The molecule has 1 heterocycles. The lowest BCUT2D eigenvalue weighted by Gasteiger charge is -2.22. The van der Waals surface area contributed by atoms with Gasteiger partial charge >= 0.3 is 6.18 Å². The minimum absolute atomic E-state index is 0.322. The summed E-state index contributed by atoms with van der Waals surface area (Å²) < 4.78 is 40.6. The molecule has 1 amide bonds. The third-order valence-corrected chi connectivity index (χ3v) is 4.68. The van der Waals surface area contributed by atoms with E-state index in [0.717, 1.165) is 12.1 Å². The minimum atomic E-state index is -4.43. The topological polar surface area (TPSA) is 67.2 Å². The number of alkyl halides is 3. The van der Waals surface area contributed by atoms with E-state index in [1.165, 1.54) is 18.3 Å². The van der Waals surface area contributed by atoms with Crippen molar-refractivity contribution in [1.82, 2.24) is 14.9 Å². The van der Waals surface area contributed by atoms with Crippen LogP contribution in [0, 0.1) is 0 Å². The van der Waals surface area contributed by atoms with Crippen molar-refractivity contribution >= 4 is 5.91 Å². The molecule has 2 N–H and O–H groups in total. The number of hydrogen-bond acceptors (Lipinski definition) is 3. The van der Waals surface area contributed by atoms with Crippen molar-refractivity contribution in [3.8, 4) is 16.8 Å². The third-order valence-electron chi connectivity index (χ3n) is 4.68. The van der Waals surface area contributed by atoms with Crippen LogP contribution < -0.4 is 5.32 Å². The summed E-state index contributed by atoms with van der Waals surface area (Å²) in [5.74, 6) is 0.0432. The highest BCUT2D eigenvalue weighted by Gasteiger charge is 2.30. The van der Waals surface area contributed by atoms with Crippen LogP contribution in [0.2, 0.25) is 0 Å². The fraction of sp³-hybridized carbons (Fsp3) is 0.333. The minimum Gasteiger partial charge on any atom is -0.382 e. The van der Waals surface area contributed by atoms with Gasteiger partial charge in [0.25, 0.3) is 5.91 Å². The fourth-order valence-electron chi connectivity index (χ4n) is 3.28. The number of amides is 1. The summed E-state index contributed by atoms with van der Waals surface area (Å²) in [6.45, 7) is 8.76. The van der Waals surface area contributed by atoms with E-state index in [1.807, 2.05) is 20.8 Å². The van der Waals surface area contributed by atoms with Crippen LogP contribution in [0.5, 0.6) is 0 Å². The number of carbonyl (C=O) groups is 1. The summed E-state index contributed by atoms with van der Waals surface area (Å²) >= 11 is 0. The van der Waals surface area contributed by atoms with Crippen molar-refractivity contribution in [2.45, 2.75) is 51.9 Å². The summed E-state index contributed by atoms with van der Waals surface area (Å²) in [6.07, 6.45) is -1.24. The van der Waals surface area contributed by atoms with Gasteiger partial charge in [0.05, 0.1) is 5.56 Å². The normalized spacial score (nSPS) is 12.7. The Kier molecular flexibility index (Phi) is 5.95. The van der Waals surface area contributed by atoms with E-state index in [0.29, 0.717) is 28.2 Å². The molecule has 0 saturated carbocycles. The zero-order chi connectivity index (χ0) is 23.9. The van der Waals surface area contributed by atoms with Gasteiger partial charge in [0.2, 0.25) is 0 Å². The molecule has 0 atom stereocenters. The van der Waals surface area contributed by atoms with Crippen LogP contribution in [0.15, 0.2) is 54.9 Å². The largest absolute Gasteiger partial charge is 0.416 e. The Balaban J connectivity index is 2.16. The second kappa shape index (κ2) is 8.09. The lowest BCUT2D eigenvalue weighted by Crippen LogP contribution is -2.40. The van der Waals surface area contributed by atoms with Crippen molar-refractivity contribution in [3.63, 3.8) is 0 Å². The molecule has 2 aromatic carbocycles. The number of halogens is 3. The Morgan fingerprint density at radius 2 is 1.59 bits per heavy atom. The third kappa shape index (κ3) is 5.37. The Hall–Kier alpha value is -3.13. The molecule has 0 saturated heterocycles. The van der Waals surface area contributed by atoms with Crippen LogP contribution in [0.25, 0.3) is 16.8 Å². The average Bonchev–Trinajstić information content (AvgIpc) is 3.16. The molecular formula is C24H26F3N3O2. The van der Waals surface area contributed by atoms with Gasteiger partial charge in [0.1, 0.15) is 11.4 Å². The molecule has 1 aromatic heterocycles. The van der Waals surface area contributed by atoms with Crippen molar-refractivity contribution in [1.29, 1.82) is 0 Å². The maximum absolute atomic E-state index is 13.0. The van der Waals surface area contributed by atoms with Gasteiger partial charge in [-0.1, -0.05) is 12.1 Å². The van der Waals surface area contributed by atoms with Crippen LogP contribution in [0.3, 0.4) is 0 Å². The van der Waals surface area contributed by atoms with Crippen LogP contribution in [-0.2, 0) is 11.8 Å². The second-order valence-electron chi connectivity index (χ2n) is 9.23. The summed E-state index contributed by atoms with van der Waals surface area (Å²) in [6, 6.07) is 9.80. The number of nitrogens with one attached hydrogen (secondary N) is 1. The highest BCUT2D eigenvalue weighted by molar-refractivity contribution is 5.96. The summed E-state index contributed by atoms with van der Waals surface area (Å²) in [4.78, 5) is 17.1. The number of rotatable bonds is 4. The number of carbonyl (C=O) groups excluding carboxylic acids is 1. The van der Waals surface area contributed by atoms with E-state index in [2.05, 4.69) is 10.3 Å². The number of benzene rings is 2. The molecular weight excluding hydrogens is 419 g/mol. The van der Waals surface area contributed by atoms with Crippen LogP contribution in [0.1, 0.15) is 56.4 Å². The van der Waals surface area contributed by atoms with E-state index in [9.17, 15) is 23.1 Å². The molecule has 170 valence electrons. The summed E-state index contributed by atoms with van der Waals surface area (Å²) in [5.41, 5.74) is -0.502. The predicted molar refractivity (Wildman–Crippen MR) is 116 cm³/mol. The zero-order valence-electron chi connectivity index (χ0n) is 18.6. The van der Waals surface area contributed by atoms with Gasteiger partial charge in [-0.3, -0.25) is 4.79 Å². The lowest BCUT2D eigenvalue weighted by molar-refractivity contribution is -0.137. The monoisotopic (exact) mass is 445 g/mol. The van der Waals surface area contributed by atoms with Gasteiger partial charge in [0, 0.05) is 29.2 Å². The molecule has 0 spiro atoms. The first-order valence-electron chi connectivity index (χ1n) is 10.1. The summed E-state index contributed by atoms with van der Waals surface area (Å²) in [7, 11) is 0. The number of imidazole rings is 1. The van der Waals surface area contributed by atoms with Gasteiger partial charge in [-0.25, -0.2) is 4.98 Å². The first-order chi connectivity index (χ1) is 14.6. The zero-order valence-corrected chi connectivity index (χ0v) is 18.6. The second-order valence-corrected chi connectivity index (χ2v) is 9.23. The fourth-order valence-corrected chi connectivity index (χ4v) is 3.28. The van der Waals surface area contributed by atoms with Gasteiger partial charge in [0.15, 0.2) is 0 Å². The van der Waals surface area contributed by atoms with Crippen molar-refractivity contribution in [2.75, 3.05) is 0 Å². The lowest BCUT2D eigenvalue weighted by atomic mass is 9.99. The van der Waals surface area contributed by atoms with E-state index >= 15 is 0 Å². The molecule has 0 bridgehead atoms. The Morgan fingerprint density at radius 1 is 0.969 bits per heavy atom. The molecule has 3 rings (SSSR count). The molecule has 0 unspecified atom stereocenters. The van der Waals surface area contributed by atoms with Crippen molar-refractivity contribution in [3.05, 3.63) is 71.8 Å². The van der Waals surface area contributed by atoms with Crippen molar-refractivity contribution in [2.24, 2.45) is 0 Å². The predicted octanol–water partition coefficient (Wildman–Crippen LogP) is 5.31. The van der Waals surface area contributed by atoms with Crippen LogP contribution in [-0.4, -0.2) is 26.1 Å². The number of aliphatic hydroxyl groups is 1. The SMILES string of the molecule is CC(C)(C)NC(=O)c1cc(-c2ccc(C(F)(F)F)cc2)cc(-n2ccnc2C(C)(C)O)c1. The highest BCUT2D eigenvalue weighted by atomic mass is 19.4. The molecule has 0 aliphatic rings. The van der Waals surface area contributed by atoms with Gasteiger partial charge in [-0.05, 0) is 76.1 Å². The summed E-state index contributed by atoms with van der Waals surface area (Å²) in [5, 5.41) is 13.4. The highest BCUT2D eigenvalue weighted by Crippen LogP contribution is 2.32. The quantitative estimate of drug-likeness (QED) is 0.572. The average molecular weight is 445 g/mol. The molecule has 0 aliphatic heterocycles. The maximum Gasteiger partial charge on any atom is 0.416 e. The maximum atomic E-state index is 13.0. The van der Waals surface area contributed by atoms with E-state index in [-0.39, 0.29) is 5.91 Å². The molecule has 0 fully saturated rings.